The summed E-state index contributed by atoms with van der Waals surface area (Å²) >= 11 is 0. The molecule has 1 unspecified atom stereocenters. The first-order valence-corrected chi connectivity index (χ1v) is 13.3. The molecule has 6 rings (SSSR count). The third-order valence-corrected chi connectivity index (χ3v) is 8.56. The van der Waals surface area contributed by atoms with Gasteiger partial charge in [-0.3, -0.25) is 4.90 Å². The lowest BCUT2D eigenvalue weighted by molar-refractivity contribution is -0.0909. The molecular weight excluding hydrogens is 489 g/mol. The standard InChI is InChI=1S/C29H33F3N6/c1-19-37(24-12-5-9-22(14-24)27(21-7-4-8-21)28-34-33-18-36(28)3)17-26-25(29(30,31)32)13-20(16-38(19)26)15-35(2)23-10-6-11-23/h5,9,12-14,16-18,21,23,27H,1,4,6-8,10-11,15H2,2-3H3. The van der Waals surface area contributed by atoms with Gasteiger partial charge in [-0.25, -0.2) is 0 Å². The lowest BCUT2D eigenvalue weighted by Gasteiger charge is -2.36. The van der Waals surface area contributed by atoms with Gasteiger partial charge in [-0.1, -0.05) is 31.6 Å². The van der Waals surface area contributed by atoms with E-state index in [-0.39, 0.29) is 11.6 Å². The number of anilines is 1. The molecule has 0 amide bonds. The first-order valence-electron chi connectivity index (χ1n) is 13.3. The van der Waals surface area contributed by atoms with Crippen molar-refractivity contribution >= 4 is 5.69 Å². The van der Waals surface area contributed by atoms with E-state index in [0.717, 1.165) is 42.8 Å². The summed E-state index contributed by atoms with van der Waals surface area (Å²) in [7, 11) is 3.94. The number of aryl methyl sites for hydroxylation is 1. The molecule has 200 valence electrons. The fourth-order valence-electron chi connectivity index (χ4n) is 5.95. The van der Waals surface area contributed by atoms with E-state index >= 15 is 0 Å². The molecule has 9 heteroatoms. The molecule has 0 radical (unpaired) electrons. The van der Waals surface area contributed by atoms with Crippen LogP contribution in [0.25, 0.3) is 0 Å². The highest BCUT2D eigenvalue weighted by molar-refractivity contribution is 5.64. The van der Waals surface area contributed by atoms with Crippen molar-refractivity contribution in [2.75, 3.05) is 18.5 Å². The van der Waals surface area contributed by atoms with Crippen LogP contribution in [0.2, 0.25) is 0 Å². The van der Waals surface area contributed by atoms with Crippen molar-refractivity contribution in [2.24, 2.45) is 13.0 Å². The van der Waals surface area contributed by atoms with E-state index in [1.54, 1.807) is 28.5 Å². The maximum Gasteiger partial charge on any atom is 0.418 e. The second kappa shape index (κ2) is 9.45. The van der Waals surface area contributed by atoms with Crippen LogP contribution in [0.5, 0.6) is 0 Å². The number of benzene rings is 1. The van der Waals surface area contributed by atoms with Gasteiger partial charge in [0, 0.05) is 43.6 Å². The minimum Gasteiger partial charge on any atom is -0.320 e. The van der Waals surface area contributed by atoms with Crippen molar-refractivity contribution in [1.82, 2.24) is 24.6 Å². The molecule has 0 spiro atoms. The van der Waals surface area contributed by atoms with Crippen LogP contribution in [0.4, 0.5) is 18.9 Å². The number of fused-ring (bicyclic) bond motifs is 1. The van der Waals surface area contributed by atoms with Gasteiger partial charge in [-0.15, -0.1) is 10.2 Å². The number of likely N-dealkylation sites (N-methyl/N-ethyl adjacent to an activating group) is 1. The van der Waals surface area contributed by atoms with E-state index in [0.29, 0.717) is 29.9 Å². The summed E-state index contributed by atoms with van der Waals surface area (Å²) in [5.41, 5.74) is 1.97. The molecule has 1 atom stereocenters. The largest absolute Gasteiger partial charge is 0.418 e. The van der Waals surface area contributed by atoms with Gasteiger partial charge in [0.25, 0.3) is 0 Å². The number of aromatic nitrogens is 3. The summed E-state index contributed by atoms with van der Waals surface area (Å²) < 4.78 is 44.7. The summed E-state index contributed by atoms with van der Waals surface area (Å²) in [6.07, 6.45) is 8.72. The van der Waals surface area contributed by atoms with Crippen LogP contribution in [-0.4, -0.2) is 50.4 Å². The Morgan fingerprint density at radius 3 is 2.47 bits per heavy atom. The average Bonchev–Trinajstić information content (AvgIpc) is 3.37. The van der Waals surface area contributed by atoms with Crippen LogP contribution in [0.3, 0.4) is 0 Å². The first kappa shape index (κ1) is 25.0. The van der Waals surface area contributed by atoms with Crippen molar-refractivity contribution in [3.05, 3.63) is 89.7 Å². The molecule has 6 nitrogen and oxygen atoms in total. The minimum absolute atomic E-state index is 0.0847. The van der Waals surface area contributed by atoms with Crippen molar-refractivity contribution in [2.45, 2.75) is 56.7 Å². The van der Waals surface area contributed by atoms with Gasteiger partial charge in [-0.05, 0) is 68.0 Å². The zero-order chi connectivity index (χ0) is 26.6. The Hall–Kier alpha value is -3.33. The molecule has 38 heavy (non-hydrogen) atoms. The van der Waals surface area contributed by atoms with Crippen LogP contribution in [-0.2, 0) is 7.05 Å². The van der Waals surface area contributed by atoms with E-state index in [1.807, 2.05) is 30.8 Å². The van der Waals surface area contributed by atoms with Crippen LogP contribution < -0.4 is 4.90 Å². The summed E-state index contributed by atoms with van der Waals surface area (Å²) in [5, 5.41) is 8.50. The molecule has 3 heterocycles. The highest BCUT2D eigenvalue weighted by atomic mass is 19.4. The predicted molar refractivity (Wildman–Crippen MR) is 141 cm³/mol. The highest BCUT2D eigenvalue weighted by Gasteiger charge is 2.43. The van der Waals surface area contributed by atoms with Gasteiger partial charge in [0.2, 0.25) is 0 Å². The van der Waals surface area contributed by atoms with E-state index in [1.165, 1.54) is 18.9 Å². The summed E-state index contributed by atoms with van der Waals surface area (Å²) in [4.78, 5) is 5.51. The molecule has 2 fully saturated rings. The number of rotatable bonds is 7. The SMILES string of the molecule is C=C1N2C=C(CN(C)C3CCC3)C=C(C(F)(F)F)C2=CN1c1cccc(C(c2nncn2C)C2CCC2)c1. The van der Waals surface area contributed by atoms with Crippen LogP contribution in [0.1, 0.15) is 55.8 Å². The second-order valence-electron chi connectivity index (χ2n) is 11.0. The Labute approximate surface area is 221 Å². The molecule has 0 saturated heterocycles. The molecule has 1 aromatic heterocycles. The molecule has 2 saturated carbocycles. The van der Waals surface area contributed by atoms with E-state index in [2.05, 4.69) is 33.8 Å². The highest BCUT2D eigenvalue weighted by Crippen LogP contribution is 2.46. The fraction of sp³-hybridized carbons (Fsp3) is 0.448. The quantitative estimate of drug-likeness (QED) is 0.443. The summed E-state index contributed by atoms with van der Waals surface area (Å²) in [6, 6.07) is 8.46. The van der Waals surface area contributed by atoms with Gasteiger partial charge in [0.1, 0.15) is 18.0 Å². The Kier molecular flexibility index (Phi) is 6.21. The second-order valence-corrected chi connectivity index (χ2v) is 11.0. The number of hydrogen-bond acceptors (Lipinski definition) is 5. The van der Waals surface area contributed by atoms with Gasteiger partial charge >= 0.3 is 6.18 Å². The van der Waals surface area contributed by atoms with E-state index in [9.17, 15) is 13.2 Å². The summed E-state index contributed by atoms with van der Waals surface area (Å²) in [5.74, 6) is 1.95. The Morgan fingerprint density at radius 1 is 1.11 bits per heavy atom. The molecule has 4 aliphatic rings. The normalized spacial score (nSPS) is 21.1. The zero-order valence-electron chi connectivity index (χ0n) is 21.8. The number of alkyl halides is 3. The minimum atomic E-state index is -4.47. The molecular formula is C29H33F3N6. The zero-order valence-corrected chi connectivity index (χ0v) is 21.8. The molecule has 2 aromatic rings. The number of allylic oxidation sites excluding steroid dienone is 1. The van der Waals surface area contributed by atoms with Crippen molar-refractivity contribution in [3.63, 3.8) is 0 Å². The average molecular weight is 523 g/mol. The molecule has 1 aromatic carbocycles. The Balaban J connectivity index is 1.33. The first-order chi connectivity index (χ1) is 18.2. The lowest BCUT2D eigenvalue weighted by atomic mass is 9.72. The lowest BCUT2D eigenvalue weighted by Crippen LogP contribution is -2.39. The number of hydrogen-bond donors (Lipinski definition) is 0. The molecule has 2 aliphatic carbocycles. The molecule has 0 N–H and O–H groups in total. The van der Waals surface area contributed by atoms with Gasteiger partial charge in [0.05, 0.1) is 11.3 Å². The van der Waals surface area contributed by atoms with Crippen molar-refractivity contribution in [3.8, 4) is 0 Å². The third kappa shape index (κ3) is 4.36. The number of nitrogens with zero attached hydrogens (tertiary/aromatic N) is 6. The monoisotopic (exact) mass is 522 g/mol. The van der Waals surface area contributed by atoms with E-state index < -0.39 is 11.7 Å². The predicted octanol–water partition coefficient (Wildman–Crippen LogP) is 6.05. The van der Waals surface area contributed by atoms with E-state index in [4.69, 9.17) is 0 Å². The molecule has 2 aliphatic heterocycles. The third-order valence-electron chi connectivity index (χ3n) is 8.56. The fourth-order valence-corrected chi connectivity index (χ4v) is 5.95. The molecule has 0 bridgehead atoms. The maximum absolute atomic E-state index is 14.2. The van der Waals surface area contributed by atoms with Crippen LogP contribution in [0.15, 0.2) is 78.3 Å². The Morgan fingerprint density at radius 2 is 1.87 bits per heavy atom. The van der Waals surface area contributed by atoms with Crippen LogP contribution in [0, 0.1) is 5.92 Å². The summed E-state index contributed by atoms with van der Waals surface area (Å²) in [6.45, 7) is 4.68. The number of halogens is 3. The Bertz CT molecular complexity index is 1330. The van der Waals surface area contributed by atoms with Crippen molar-refractivity contribution in [1.29, 1.82) is 0 Å². The van der Waals surface area contributed by atoms with Crippen LogP contribution >= 0.6 is 0 Å². The van der Waals surface area contributed by atoms with Gasteiger partial charge in [0.15, 0.2) is 0 Å². The van der Waals surface area contributed by atoms with Gasteiger partial charge < -0.3 is 14.4 Å². The van der Waals surface area contributed by atoms with Gasteiger partial charge in [-0.2, -0.15) is 13.2 Å². The maximum atomic E-state index is 14.2. The topological polar surface area (TPSA) is 40.4 Å². The van der Waals surface area contributed by atoms with Crippen molar-refractivity contribution < 1.29 is 13.2 Å². The smallest absolute Gasteiger partial charge is 0.320 e.